The third-order valence-electron chi connectivity index (χ3n) is 4.29. The molecule has 1 N–H and O–H groups in total. The standard InChI is InChI=1S/C18H21N/c1-12-7-8-14(13(2)11-12)15-5-4-6-17-16(15)9-10-18(17)19-3/h4-8,11,18-19H,9-10H2,1-3H3. The van der Waals surface area contributed by atoms with Crippen molar-refractivity contribution in [3.05, 3.63) is 58.7 Å². The summed E-state index contributed by atoms with van der Waals surface area (Å²) in [6, 6.07) is 14.0. The summed E-state index contributed by atoms with van der Waals surface area (Å²) in [5, 5.41) is 3.42. The van der Waals surface area contributed by atoms with E-state index in [0.717, 1.165) is 0 Å². The lowest BCUT2D eigenvalue weighted by Crippen LogP contribution is -2.12. The number of rotatable bonds is 2. The highest BCUT2D eigenvalue weighted by Gasteiger charge is 2.23. The minimum atomic E-state index is 0.528. The molecule has 2 aromatic rings. The Kier molecular flexibility index (Phi) is 3.16. The van der Waals surface area contributed by atoms with Crippen molar-refractivity contribution in [2.24, 2.45) is 0 Å². The minimum absolute atomic E-state index is 0.528. The SMILES string of the molecule is CNC1CCc2c(-c3ccc(C)cc3C)cccc21. The topological polar surface area (TPSA) is 12.0 Å². The Morgan fingerprint density at radius 3 is 2.63 bits per heavy atom. The molecular formula is C18H21N. The van der Waals surface area contributed by atoms with Gasteiger partial charge in [-0.3, -0.25) is 0 Å². The molecule has 0 spiro atoms. The van der Waals surface area contributed by atoms with E-state index in [9.17, 15) is 0 Å². The number of hydrogen-bond acceptors (Lipinski definition) is 1. The van der Waals surface area contributed by atoms with Gasteiger partial charge in [0.05, 0.1) is 0 Å². The van der Waals surface area contributed by atoms with E-state index in [-0.39, 0.29) is 0 Å². The van der Waals surface area contributed by atoms with Gasteiger partial charge in [-0.2, -0.15) is 0 Å². The first-order valence-corrected chi connectivity index (χ1v) is 7.07. The van der Waals surface area contributed by atoms with Gasteiger partial charge in [0.15, 0.2) is 0 Å². The number of nitrogens with one attached hydrogen (secondary N) is 1. The molecule has 1 aliphatic carbocycles. The molecule has 2 aromatic carbocycles. The van der Waals surface area contributed by atoms with Gasteiger partial charge >= 0.3 is 0 Å². The molecule has 1 unspecified atom stereocenters. The van der Waals surface area contributed by atoms with E-state index < -0.39 is 0 Å². The van der Waals surface area contributed by atoms with Crippen LogP contribution >= 0.6 is 0 Å². The molecule has 0 amide bonds. The third kappa shape index (κ3) is 2.08. The fourth-order valence-corrected chi connectivity index (χ4v) is 3.32. The van der Waals surface area contributed by atoms with Gasteiger partial charge in [-0.05, 0) is 61.6 Å². The predicted octanol–water partition coefficient (Wildman–Crippen LogP) is 4.18. The van der Waals surface area contributed by atoms with Crippen molar-refractivity contribution in [3.63, 3.8) is 0 Å². The lowest BCUT2D eigenvalue weighted by atomic mass is 9.93. The van der Waals surface area contributed by atoms with Crippen molar-refractivity contribution in [3.8, 4) is 11.1 Å². The summed E-state index contributed by atoms with van der Waals surface area (Å²) >= 11 is 0. The highest BCUT2D eigenvalue weighted by atomic mass is 14.9. The second kappa shape index (κ2) is 4.82. The molecule has 0 heterocycles. The fourth-order valence-electron chi connectivity index (χ4n) is 3.32. The molecule has 0 aliphatic heterocycles. The molecule has 0 aromatic heterocycles. The predicted molar refractivity (Wildman–Crippen MR) is 81.5 cm³/mol. The molecular weight excluding hydrogens is 230 g/mol. The van der Waals surface area contributed by atoms with E-state index in [1.807, 2.05) is 0 Å². The Balaban J connectivity index is 2.14. The molecule has 19 heavy (non-hydrogen) atoms. The Morgan fingerprint density at radius 1 is 1.05 bits per heavy atom. The molecule has 0 fully saturated rings. The third-order valence-corrected chi connectivity index (χ3v) is 4.29. The van der Waals surface area contributed by atoms with Crippen LogP contribution in [0, 0.1) is 13.8 Å². The zero-order chi connectivity index (χ0) is 13.4. The van der Waals surface area contributed by atoms with Crippen LogP contribution in [0.1, 0.15) is 34.7 Å². The molecule has 0 radical (unpaired) electrons. The Labute approximate surface area is 115 Å². The van der Waals surface area contributed by atoms with Crippen LogP contribution in [0.15, 0.2) is 36.4 Å². The molecule has 3 rings (SSSR count). The summed E-state index contributed by atoms with van der Waals surface area (Å²) in [5.74, 6) is 0. The van der Waals surface area contributed by atoms with Crippen LogP contribution in [0.5, 0.6) is 0 Å². The van der Waals surface area contributed by atoms with Crippen molar-refractivity contribution in [2.75, 3.05) is 7.05 Å². The van der Waals surface area contributed by atoms with Gasteiger partial charge in [0.1, 0.15) is 0 Å². The first-order chi connectivity index (χ1) is 9.20. The van der Waals surface area contributed by atoms with Crippen LogP contribution in [0.2, 0.25) is 0 Å². The molecule has 98 valence electrons. The first-order valence-electron chi connectivity index (χ1n) is 7.07. The molecule has 1 heteroatoms. The number of benzene rings is 2. The van der Waals surface area contributed by atoms with Crippen LogP contribution in [0.4, 0.5) is 0 Å². The van der Waals surface area contributed by atoms with Crippen molar-refractivity contribution >= 4 is 0 Å². The van der Waals surface area contributed by atoms with E-state index in [0.29, 0.717) is 6.04 Å². The zero-order valence-electron chi connectivity index (χ0n) is 12.0. The monoisotopic (exact) mass is 251 g/mol. The molecule has 0 saturated heterocycles. The summed E-state index contributed by atoms with van der Waals surface area (Å²) in [6.45, 7) is 4.37. The molecule has 0 bridgehead atoms. The van der Waals surface area contributed by atoms with Gasteiger partial charge in [0.25, 0.3) is 0 Å². The Morgan fingerprint density at radius 2 is 1.89 bits per heavy atom. The normalized spacial score (nSPS) is 17.5. The van der Waals surface area contributed by atoms with Crippen molar-refractivity contribution in [2.45, 2.75) is 32.7 Å². The van der Waals surface area contributed by atoms with Crippen LogP contribution in [-0.2, 0) is 6.42 Å². The zero-order valence-corrected chi connectivity index (χ0v) is 12.0. The Bertz CT molecular complexity index is 613. The highest BCUT2D eigenvalue weighted by Crippen LogP contribution is 2.38. The second-order valence-corrected chi connectivity index (χ2v) is 5.57. The van der Waals surface area contributed by atoms with Gasteiger partial charge in [-0.1, -0.05) is 42.0 Å². The molecule has 1 atom stereocenters. The van der Waals surface area contributed by atoms with Gasteiger partial charge in [-0.25, -0.2) is 0 Å². The largest absolute Gasteiger partial charge is 0.313 e. The van der Waals surface area contributed by atoms with Crippen LogP contribution in [-0.4, -0.2) is 7.05 Å². The lowest BCUT2D eigenvalue weighted by Gasteiger charge is -2.14. The summed E-state index contributed by atoms with van der Waals surface area (Å²) in [7, 11) is 2.06. The van der Waals surface area contributed by atoms with E-state index in [4.69, 9.17) is 0 Å². The van der Waals surface area contributed by atoms with Crippen LogP contribution in [0.3, 0.4) is 0 Å². The molecule has 1 nitrogen and oxygen atoms in total. The summed E-state index contributed by atoms with van der Waals surface area (Å²) in [6.07, 6.45) is 2.40. The van der Waals surface area contributed by atoms with E-state index >= 15 is 0 Å². The second-order valence-electron chi connectivity index (χ2n) is 5.57. The maximum Gasteiger partial charge on any atom is 0.0323 e. The van der Waals surface area contributed by atoms with E-state index in [1.54, 1.807) is 0 Å². The average Bonchev–Trinajstić information content (AvgIpc) is 2.82. The first kappa shape index (κ1) is 12.4. The number of hydrogen-bond donors (Lipinski definition) is 1. The molecule has 0 saturated carbocycles. The average molecular weight is 251 g/mol. The van der Waals surface area contributed by atoms with Gasteiger partial charge in [0, 0.05) is 6.04 Å². The number of aryl methyl sites for hydroxylation is 2. The Hall–Kier alpha value is -1.60. The van der Waals surface area contributed by atoms with Crippen LogP contribution in [0.25, 0.3) is 11.1 Å². The minimum Gasteiger partial charge on any atom is -0.313 e. The van der Waals surface area contributed by atoms with E-state index in [2.05, 4.69) is 62.6 Å². The van der Waals surface area contributed by atoms with E-state index in [1.165, 1.54) is 46.2 Å². The van der Waals surface area contributed by atoms with Crippen molar-refractivity contribution in [1.29, 1.82) is 0 Å². The summed E-state index contributed by atoms with van der Waals surface area (Å²) < 4.78 is 0. The highest BCUT2D eigenvalue weighted by molar-refractivity contribution is 5.73. The maximum absolute atomic E-state index is 3.42. The fraction of sp³-hybridized carbons (Fsp3) is 0.333. The maximum atomic E-state index is 3.42. The van der Waals surface area contributed by atoms with Crippen LogP contribution < -0.4 is 5.32 Å². The van der Waals surface area contributed by atoms with Crippen molar-refractivity contribution in [1.82, 2.24) is 5.32 Å². The number of fused-ring (bicyclic) bond motifs is 1. The van der Waals surface area contributed by atoms with Gasteiger partial charge < -0.3 is 5.32 Å². The summed E-state index contributed by atoms with van der Waals surface area (Å²) in [4.78, 5) is 0. The molecule has 1 aliphatic rings. The van der Waals surface area contributed by atoms with Gasteiger partial charge in [0.2, 0.25) is 0 Å². The quantitative estimate of drug-likeness (QED) is 0.844. The van der Waals surface area contributed by atoms with Gasteiger partial charge in [-0.15, -0.1) is 0 Å². The smallest absolute Gasteiger partial charge is 0.0323 e. The van der Waals surface area contributed by atoms with Crippen molar-refractivity contribution < 1.29 is 0 Å². The lowest BCUT2D eigenvalue weighted by molar-refractivity contribution is 0.590. The summed E-state index contributed by atoms with van der Waals surface area (Å²) in [5.41, 5.74) is 8.55.